The second kappa shape index (κ2) is 4.48. The number of aromatic nitrogens is 2. The molecule has 0 atom stereocenters. The zero-order valence-corrected chi connectivity index (χ0v) is 12.0. The molecule has 3 nitrogen and oxygen atoms in total. The first kappa shape index (κ1) is 11.2. The molecule has 0 aliphatic heterocycles. The van der Waals surface area contributed by atoms with Crippen molar-refractivity contribution in [3.05, 3.63) is 53.6 Å². The Hall–Kier alpha value is -1.64. The molecule has 19 heavy (non-hydrogen) atoms. The molecule has 0 unspecified atom stereocenters. The van der Waals surface area contributed by atoms with Gasteiger partial charge in [-0.25, -0.2) is 0 Å². The monoisotopic (exact) mass is 315 g/mol. The van der Waals surface area contributed by atoms with Gasteiger partial charge in [0.15, 0.2) is 0 Å². The molecule has 0 spiro atoms. The predicted molar refractivity (Wildman–Crippen MR) is 77.7 cm³/mol. The summed E-state index contributed by atoms with van der Waals surface area (Å²) < 4.78 is 8.95. The standard InChI is InChI=1S/C15H13N3Se/c1-2-5-11-9-12(8-10(11)4-1)16-13-6-3-7-14-15(13)18-19-17-14/h1-7,12,16H,8-9H2. The second-order valence-corrected chi connectivity index (χ2v) is 6.06. The fourth-order valence-corrected chi connectivity index (χ4v) is 3.96. The SMILES string of the molecule is c1ccc2c(c1)CC(Nc1cccc3n[se]nc13)C2. The molecule has 0 saturated heterocycles. The maximum atomic E-state index is 4.52. The van der Waals surface area contributed by atoms with Crippen LogP contribution in [0.3, 0.4) is 0 Å². The molecule has 2 aromatic carbocycles. The Labute approximate surface area is 117 Å². The summed E-state index contributed by atoms with van der Waals surface area (Å²) >= 11 is 0.0404. The number of hydrogen-bond acceptors (Lipinski definition) is 3. The Bertz CT molecular complexity index is 710. The first-order valence-corrected chi connectivity index (χ1v) is 7.98. The van der Waals surface area contributed by atoms with E-state index in [-0.39, 0.29) is 15.0 Å². The van der Waals surface area contributed by atoms with Crippen LogP contribution in [0, 0.1) is 0 Å². The summed E-state index contributed by atoms with van der Waals surface area (Å²) in [5.74, 6) is 0. The molecule has 1 N–H and O–H groups in total. The van der Waals surface area contributed by atoms with Gasteiger partial charge in [0.2, 0.25) is 0 Å². The quantitative estimate of drug-likeness (QED) is 0.738. The molecule has 1 aliphatic carbocycles. The first-order valence-electron chi connectivity index (χ1n) is 6.45. The molecular formula is C15H13N3Se. The molecule has 1 aliphatic rings. The summed E-state index contributed by atoms with van der Waals surface area (Å²) in [6.07, 6.45) is 2.20. The van der Waals surface area contributed by atoms with E-state index < -0.39 is 0 Å². The number of anilines is 1. The van der Waals surface area contributed by atoms with Crippen molar-refractivity contribution in [2.24, 2.45) is 0 Å². The van der Waals surface area contributed by atoms with Gasteiger partial charge in [0.05, 0.1) is 0 Å². The number of nitrogens with one attached hydrogen (secondary N) is 1. The van der Waals surface area contributed by atoms with Crippen molar-refractivity contribution in [2.75, 3.05) is 5.32 Å². The Morgan fingerprint density at radius 2 is 1.74 bits per heavy atom. The van der Waals surface area contributed by atoms with Gasteiger partial charge in [-0.05, 0) is 0 Å². The Kier molecular flexibility index (Phi) is 2.64. The van der Waals surface area contributed by atoms with Gasteiger partial charge >= 0.3 is 117 Å². The molecule has 0 bridgehead atoms. The minimum absolute atomic E-state index is 0.0404. The molecule has 0 amide bonds. The van der Waals surface area contributed by atoms with Crippen LogP contribution >= 0.6 is 0 Å². The van der Waals surface area contributed by atoms with E-state index >= 15 is 0 Å². The van der Waals surface area contributed by atoms with Crippen molar-refractivity contribution >= 4 is 31.7 Å². The van der Waals surface area contributed by atoms with Crippen molar-refractivity contribution < 1.29 is 0 Å². The third-order valence-electron chi connectivity index (χ3n) is 3.70. The second-order valence-electron chi connectivity index (χ2n) is 4.96. The molecule has 94 valence electrons. The van der Waals surface area contributed by atoms with Crippen LogP contribution in [0.15, 0.2) is 42.5 Å². The summed E-state index contributed by atoms with van der Waals surface area (Å²) in [5, 5.41) is 3.64. The van der Waals surface area contributed by atoms with E-state index in [1.165, 1.54) is 11.1 Å². The van der Waals surface area contributed by atoms with Gasteiger partial charge in [0.1, 0.15) is 0 Å². The number of hydrogen-bond donors (Lipinski definition) is 1. The minimum atomic E-state index is 0.0404. The van der Waals surface area contributed by atoms with Gasteiger partial charge in [-0.2, -0.15) is 0 Å². The number of nitrogens with zero attached hydrogens (tertiary/aromatic N) is 2. The summed E-state index contributed by atoms with van der Waals surface area (Å²) in [6, 6.07) is 15.4. The zero-order valence-electron chi connectivity index (χ0n) is 10.3. The van der Waals surface area contributed by atoms with E-state index in [1.807, 2.05) is 6.07 Å². The third-order valence-corrected chi connectivity index (χ3v) is 4.84. The Balaban J connectivity index is 1.62. The third kappa shape index (κ3) is 1.97. The molecule has 1 heterocycles. The maximum absolute atomic E-state index is 4.52. The summed E-state index contributed by atoms with van der Waals surface area (Å²) in [6.45, 7) is 0. The summed E-state index contributed by atoms with van der Waals surface area (Å²) in [4.78, 5) is 0. The fourth-order valence-electron chi connectivity index (χ4n) is 2.80. The molecule has 0 radical (unpaired) electrons. The predicted octanol–water partition coefficient (Wildman–Crippen LogP) is 2.27. The van der Waals surface area contributed by atoms with Crippen LogP contribution in [0.25, 0.3) is 11.0 Å². The summed E-state index contributed by atoms with van der Waals surface area (Å²) in [5.41, 5.74) is 6.18. The van der Waals surface area contributed by atoms with Crippen molar-refractivity contribution in [1.29, 1.82) is 0 Å². The van der Waals surface area contributed by atoms with Crippen LogP contribution in [-0.4, -0.2) is 29.0 Å². The molecule has 1 aromatic heterocycles. The van der Waals surface area contributed by atoms with Gasteiger partial charge in [-0.15, -0.1) is 0 Å². The molecule has 0 fully saturated rings. The van der Waals surface area contributed by atoms with E-state index in [0.29, 0.717) is 6.04 Å². The number of fused-ring (bicyclic) bond motifs is 2. The van der Waals surface area contributed by atoms with Crippen molar-refractivity contribution in [1.82, 2.24) is 7.96 Å². The number of rotatable bonds is 2. The normalized spacial score (nSPS) is 14.7. The van der Waals surface area contributed by atoms with Crippen LogP contribution in [0.2, 0.25) is 0 Å². The van der Waals surface area contributed by atoms with E-state index in [2.05, 4.69) is 49.7 Å². The van der Waals surface area contributed by atoms with Crippen molar-refractivity contribution in [3.63, 3.8) is 0 Å². The van der Waals surface area contributed by atoms with Crippen LogP contribution in [-0.2, 0) is 12.8 Å². The average Bonchev–Trinajstić information content (AvgIpc) is 3.04. The van der Waals surface area contributed by atoms with E-state index in [4.69, 9.17) is 0 Å². The van der Waals surface area contributed by atoms with Crippen LogP contribution in [0.1, 0.15) is 11.1 Å². The Morgan fingerprint density at radius 3 is 2.53 bits per heavy atom. The van der Waals surface area contributed by atoms with E-state index in [0.717, 1.165) is 29.6 Å². The number of benzene rings is 2. The van der Waals surface area contributed by atoms with Crippen molar-refractivity contribution in [2.45, 2.75) is 18.9 Å². The van der Waals surface area contributed by atoms with Crippen LogP contribution < -0.4 is 5.32 Å². The average molecular weight is 314 g/mol. The molecular weight excluding hydrogens is 301 g/mol. The van der Waals surface area contributed by atoms with Gasteiger partial charge in [-0.3, -0.25) is 0 Å². The van der Waals surface area contributed by atoms with Gasteiger partial charge in [-0.1, -0.05) is 0 Å². The van der Waals surface area contributed by atoms with Crippen LogP contribution in [0.5, 0.6) is 0 Å². The van der Waals surface area contributed by atoms with Gasteiger partial charge in [0.25, 0.3) is 0 Å². The molecule has 4 rings (SSSR count). The fraction of sp³-hybridized carbons (Fsp3) is 0.200. The summed E-state index contributed by atoms with van der Waals surface area (Å²) in [7, 11) is 0. The topological polar surface area (TPSA) is 37.8 Å². The molecule has 3 aromatic rings. The van der Waals surface area contributed by atoms with Crippen LogP contribution in [0.4, 0.5) is 5.69 Å². The Morgan fingerprint density at radius 1 is 0.947 bits per heavy atom. The van der Waals surface area contributed by atoms with Gasteiger partial charge in [0, 0.05) is 0 Å². The van der Waals surface area contributed by atoms with E-state index in [1.54, 1.807) is 0 Å². The zero-order chi connectivity index (χ0) is 12.7. The van der Waals surface area contributed by atoms with E-state index in [9.17, 15) is 0 Å². The molecule has 0 saturated carbocycles. The van der Waals surface area contributed by atoms with Crippen molar-refractivity contribution in [3.8, 4) is 0 Å². The first-order chi connectivity index (χ1) is 9.40. The molecule has 4 heteroatoms. The van der Waals surface area contributed by atoms with Gasteiger partial charge < -0.3 is 0 Å².